The van der Waals surface area contributed by atoms with Crippen LogP contribution in [0.3, 0.4) is 0 Å². The molecule has 3 aromatic rings. The molecular formula is C14H11N5O5. The van der Waals surface area contributed by atoms with Gasteiger partial charge in [0, 0.05) is 0 Å². The number of rotatable bonds is 4. The number of nitrogens with zero attached hydrogens (tertiary/aromatic N) is 4. The standard InChI is InChI=1S/C14H11N5O5/c1-24-11-6-8(3-5-10(11)20)2-4-9-12(19(22)23)13(21)18-14(17-9)15-7-16-18/h2-7,20H,1H3,(H,15,16,17)/b4-2+. The molecule has 0 amide bonds. The number of nitro groups is 1. The Hall–Kier alpha value is -3.69. The Morgan fingerprint density at radius 3 is 2.92 bits per heavy atom. The number of phenols is 1. The van der Waals surface area contributed by atoms with Gasteiger partial charge in [0.1, 0.15) is 6.33 Å². The molecule has 1 aromatic carbocycles. The summed E-state index contributed by atoms with van der Waals surface area (Å²) < 4.78 is 5.88. The number of fused-ring (bicyclic) bond motifs is 1. The summed E-state index contributed by atoms with van der Waals surface area (Å²) in [5.41, 5.74) is -1.05. The van der Waals surface area contributed by atoms with Crippen molar-refractivity contribution < 1.29 is 14.8 Å². The molecule has 0 saturated carbocycles. The molecule has 2 N–H and O–H groups in total. The van der Waals surface area contributed by atoms with Crippen LogP contribution in [0.15, 0.2) is 29.3 Å². The van der Waals surface area contributed by atoms with Gasteiger partial charge in [-0.3, -0.25) is 20.0 Å². The Morgan fingerprint density at radius 2 is 2.21 bits per heavy atom. The Bertz CT molecular complexity index is 1020. The SMILES string of the molecule is COc1cc(/C=C/c2nc3nc[nH]n3c(=O)c2[N+](=O)[O-])ccc1O. The van der Waals surface area contributed by atoms with Crippen LogP contribution in [0.4, 0.5) is 5.69 Å². The maximum absolute atomic E-state index is 12.1. The third-order valence-electron chi connectivity index (χ3n) is 3.26. The van der Waals surface area contributed by atoms with Gasteiger partial charge in [0.2, 0.25) is 0 Å². The molecule has 0 saturated heterocycles. The fourth-order valence-electron chi connectivity index (χ4n) is 2.13. The van der Waals surface area contributed by atoms with Crippen LogP contribution in [0.1, 0.15) is 11.3 Å². The van der Waals surface area contributed by atoms with Gasteiger partial charge in [0.25, 0.3) is 5.78 Å². The number of nitrogens with one attached hydrogen (secondary N) is 1. The minimum Gasteiger partial charge on any atom is -0.504 e. The average molecular weight is 329 g/mol. The molecule has 2 aromatic heterocycles. The van der Waals surface area contributed by atoms with E-state index in [0.717, 1.165) is 4.52 Å². The maximum atomic E-state index is 12.1. The number of ether oxygens (including phenoxy) is 1. The molecule has 0 spiro atoms. The Labute approximate surface area is 133 Å². The summed E-state index contributed by atoms with van der Waals surface area (Å²) in [5.74, 6) is 0.242. The molecule has 0 radical (unpaired) electrons. The smallest absolute Gasteiger partial charge is 0.361 e. The highest BCUT2D eigenvalue weighted by Crippen LogP contribution is 2.27. The Kier molecular flexibility index (Phi) is 3.70. The fraction of sp³-hybridized carbons (Fsp3) is 0.0714. The van der Waals surface area contributed by atoms with E-state index in [1.54, 1.807) is 6.07 Å². The van der Waals surface area contributed by atoms with Gasteiger partial charge in [0.05, 0.1) is 12.0 Å². The second-order valence-corrected chi connectivity index (χ2v) is 4.70. The zero-order valence-corrected chi connectivity index (χ0v) is 12.3. The molecule has 2 heterocycles. The molecular weight excluding hydrogens is 318 g/mol. The summed E-state index contributed by atoms with van der Waals surface area (Å²) in [6, 6.07) is 4.55. The van der Waals surface area contributed by atoms with Crippen molar-refractivity contribution in [2.75, 3.05) is 7.11 Å². The van der Waals surface area contributed by atoms with Crippen LogP contribution in [-0.4, -0.2) is 36.7 Å². The van der Waals surface area contributed by atoms with E-state index in [1.165, 1.54) is 37.7 Å². The summed E-state index contributed by atoms with van der Waals surface area (Å²) >= 11 is 0. The van der Waals surface area contributed by atoms with Crippen molar-refractivity contribution in [3.63, 3.8) is 0 Å². The van der Waals surface area contributed by atoms with Crippen molar-refractivity contribution >= 4 is 23.6 Å². The molecule has 0 aliphatic rings. The van der Waals surface area contributed by atoms with Gasteiger partial charge < -0.3 is 9.84 Å². The van der Waals surface area contributed by atoms with E-state index >= 15 is 0 Å². The van der Waals surface area contributed by atoms with Crippen LogP contribution >= 0.6 is 0 Å². The Balaban J connectivity index is 2.11. The van der Waals surface area contributed by atoms with Gasteiger partial charge in [-0.1, -0.05) is 12.1 Å². The lowest BCUT2D eigenvalue weighted by atomic mass is 10.1. The van der Waals surface area contributed by atoms with E-state index in [2.05, 4.69) is 15.1 Å². The van der Waals surface area contributed by atoms with E-state index in [0.29, 0.717) is 5.56 Å². The third kappa shape index (κ3) is 2.56. The van der Waals surface area contributed by atoms with Gasteiger partial charge in [0.15, 0.2) is 17.2 Å². The van der Waals surface area contributed by atoms with Crippen LogP contribution in [0.25, 0.3) is 17.9 Å². The number of H-pyrrole nitrogens is 1. The lowest BCUT2D eigenvalue weighted by molar-refractivity contribution is -0.386. The predicted octanol–water partition coefficient (Wildman–Crippen LogP) is 1.21. The molecule has 10 heteroatoms. The van der Waals surface area contributed by atoms with Crippen LogP contribution in [-0.2, 0) is 0 Å². The lowest BCUT2D eigenvalue weighted by Gasteiger charge is -2.03. The largest absolute Gasteiger partial charge is 0.504 e. The number of benzene rings is 1. The first-order valence-electron chi connectivity index (χ1n) is 6.67. The van der Waals surface area contributed by atoms with Crippen molar-refractivity contribution in [1.29, 1.82) is 0 Å². The third-order valence-corrected chi connectivity index (χ3v) is 3.26. The van der Waals surface area contributed by atoms with Gasteiger partial charge in [-0.05, 0) is 23.8 Å². The summed E-state index contributed by atoms with van der Waals surface area (Å²) in [7, 11) is 1.40. The van der Waals surface area contributed by atoms with E-state index < -0.39 is 16.2 Å². The summed E-state index contributed by atoms with van der Waals surface area (Å²) in [4.78, 5) is 30.4. The second-order valence-electron chi connectivity index (χ2n) is 4.70. The molecule has 0 unspecified atom stereocenters. The van der Waals surface area contributed by atoms with E-state index in [1.807, 2.05) is 0 Å². The number of aromatic nitrogens is 4. The average Bonchev–Trinajstić information content (AvgIpc) is 3.02. The summed E-state index contributed by atoms with van der Waals surface area (Å²) in [6.07, 6.45) is 4.06. The Morgan fingerprint density at radius 1 is 1.42 bits per heavy atom. The first kappa shape index (κ1) is 15.2. The van der Waals surface area contributed by atoms with Crippen molar-refractivity contribution in [3.05, 3.63) is 56.3 Å². The maximum Gasteiger partial charge on any atom is 0.361 e. The van der Waals surface area contributed by atoms with E-state index in [-0.39, 0.29) is 23.0 Å². The minimum absolute atomic E-state index is 0.0218. The van der Waals surface area contributed by atoms with Crippen molar-refractivity contribution in [1.82, 2.24) is 19.6 Å². The first-order valence-corrected chi connectivity index (χ1v) is 6.67. The molecule has 0 atom stereocenters. The summed E-state index contributed by atoms with van der Waals surface area (Å²) in [5, 5.41) is 23.2. The first-order chi connectivity index (χ1) is 11.5. The highest BCUT2D eigenvalue weighted by molar-refractivity contribution is 5.73. The van der Waals surface area contributed by atoms with Crippen LogP contribution in [0, 0.1) is 10.1 Å². The highest BCUT2D eigenvalue weighted by atomic mass is 16.6. The second kappa shape index (κ2) is 5.83. The highest BCUT2D eigenvalue weighted by Gasteiger charge is 2.22. The van der Waals surface area contributed by atoms with Gasteiger partial charge in [-0.15, -0.1) is 0 Å². The molecule has 0 bridgehead atoms. The quantitative estimate of drug-likeness (QED) is 0.542. The predicted molar refractivity (Wildman–Crippen MR) is 83.8 cm³/mol. The van der Waals surface area contributed by atoms with Gasteiger partial charge in [-0.2, -0.15) is 4.52 Å². The fourth-order valence-corrected chi connectivity index (χ4v) is 2.13. The number of phenolic OH excluding ortho intramolecular Hbond substituents is 1. The normalized spacial score (nSPS) is 11.2. The minimum atomic E-state index is -0.856. The zero-order chi connectivity index (χ0) is 17.3. The lowest BCUT2D eigenvalue weighted by Crippen LogP contribution is -2.20. The van der Waals surface area contributed by atoms with Crippen LogP contribution in [0.5, 0.6) is 11.5 Å². The van der Waals surface area contributed by atoms with Crippen molar-refractivity contribution in [2.24, 2.45) is 0 Å². The number of aromatic hydroxyl groups is 1. The van der Waals surface area contributed by atoms with Crippen LogP contribution in [0.2, 0.25) is 0 Å². The van der Waals surface area contributed by atoms with Crippen molar-refractivity contribution in [3.8, 4) is 11.5 Å². The van der Waals surface area contributed by atoms with Crippen LogP contribution < -0.4 is 10.3 Å². The molecule has 122 valence electrons. The number of hydrogen-bond donors (Lipinski definition) is 2. The molecule has 24 heavy (non-hydrogen) atoms. The van der Waals surface area contributed by atoms with Crippen molar-refractivity contribution in [2.45, 2.75) is 0 Å². The molecule has 0 aliphatic heterocycles. The van der Waals surface area contributed by atoms with Gasteiger partial charge in [-0.25, -0.2) is 9.97 Å². The van der Waals surface area contributed by atoms with Gasteiger partial charge >= 0.3 is 11.2 Å². The topological polar surface area (TPSA) is 136 Å². The molecule has 0 fully saturated rings. The monoisotopic (exact) mass is 329 g/mol. The number of methoxy groups -OCH3 is 1. The molecule has 3 rings (SSSR count). The zero-order valence-electron chi connectivity index (χ0n) is 12.3. The molecule has 0 aliphatic carbocycles. The number of aromatic amines is 1. The number of hydrogen-bond acceptors (Lipinski definition) is 7. The molecule has 10 nitrogen and oxygen atoms in total. The summed E-state index contributed by atoms with van der Waals surface area (Å²) in [6.45, 7) is 0. The van der Waals surface area contributed by atoms with E-state index in [4.69, 9.17) is 4.74 Å². The van der Waals surface area contributed by atoms with E-state index in [9.17, 15) is 20.0 Å².